The molecule has 124 valence electrons. The van der Waals surface area contributed by atoms with Crippen molar-refractivity contribution < 1.29 is 0 Å². The second kappa shape index (κ2) is 7.31. The topological polar surface area (TPSA) is 37.3 Å². The molecule has 0 radical (unpaired) electrons. The molecule has 1 N–H and O–H groups in total. The van der Waals surface area contributed by atoms with Gasteiger partial charge in [0.2, 0.25) is 0 Å². The molecule has 3 aromatic rings. The summed E-state index contributed by atoms with van der Waals surface area (Å²) in [6.45, 7) is 0. The van der Waals surface area contributed by atoms with E-state index in [1.54, 1.807) is 0 Å². The van der Waals surface area contributed by atoms with Gasteiger partial charge in [-0.2, -0.15) is 0 Å². The molecule has 2 heterocycles. The molecule has 2 aromatic carbocycles. The predicted octanol–water partition coefficient (Wildman–Crippen LogP) is 4.50. The Morgan fingerprint density at radius 1 is 0.720 bits per heavy atom. The maximum atomic E-state index is 5.01. The first-order valence-electron chi connectivity index (χ1n) is 8.73. The van der Waals surface area contributed by atoms with E-state index in [0.717, 1.165) is 24.4 Å². The van der Waals surface area contributed by atoms with Crippen molar-refractivity contribution in [3.8, 4) is 0 Å². The molecule has 2 atom stereocenters. The summed E-state index contributed by atoms with van der Waals surface area (Å²) in [7, 11) is 0. The van der Waals surface area contributed by atoms with E-state index in [4.69, 9.17) is 4.99 Å². The summed E-state index contributed by atoms with van der Waals surface area (Å²) in [5.41, 5.74) is 3.62. The highest BCUT2D eigenvalue weighted by Crippen LogP contribution is 2.36. The van der Waals surface area contributed by atoms with E-state index in [2.05, 4.69) is 77.0 Å². The van der Waals surface area contributed by atoms with E-state index in [1.165, 1.54) is 11.1 Å². The van der Waals surface area contributed by atoms with E-state index in [9.17, 15) is 0 Å². The third-order valence-electron chi connectivity index (χ3n) is 4.58. The monoisotopic (exact) mass is 327 g/mol. The summed E-state index contributed by atoms with van der Waals surface area (Å²) in [4.78, 5) is 9.42. The van der Waals surface area contributed by atoms with Gasteiger partial charge in [-0.15, -0.1) is 0 Å². The van der Waals surface area contributed by atoms with Gasteiger partial charge in [0.15, 0.2) is 0 Å². The number of hydrogen-bond donors (Lipinski definition) is 1. The Hall–Kier alpha value is -2.94. The molecule has 1 aliphatic heterocycles. The minimum Gasteiger partial charge on any atom is -0.364 e. The van der Waals surface area contributed by atoms with Crippen molar-refractivity contribution in [1.82, 2.24) is 10.3 Å². The maximum Gasteiger partial charge on any atom is 0.101 e. The van der Waals surface area contributed by atoms with E-state index in [-0.39, 0.29) is 12.1 Å². The molecule has 3 nitrogen and oxygen atoms in total. The van der Waals surface area contributed by atoms with Gasteiger partial charge in [-0.25, -0.2) is 0 Å². The van der Waals surface area contributed by atoms with E-state index < -0.39 is 0 Å². The van der Waals surface area contributed by atoms with E-state index in [1.807, 2.05) is 18.3 Å². The number of benzene rings is 2. The highest BCUT2D eigenvalue weighted by Gasteiger charge is 2.30. The predicted molar refractivity (Wildman–Crippen MR) is 101 cm³/mol. The van der Waals surface area contributed by atoms with Crippen LogP contribution in [0.4, 0.5) is 0 Å². The number of aryl methyl sites for hydroxylation is 1. The fourth-order valence-electron chi connectivity index (χ4n) is 3.31. The number of hydrogen-bond acceptors (Lipinski definition) is 3. The number of pyridine rings is 1. The van der Waals surface area contributed by atoms with Crippen LogP contribution in [0.3, 0.4) is 0 Å². The number of nitrogens with one attached hydrogen (secondary N) is 1. The number of nitrogens with zero attached hydrogens (tertiary/aromatic N) is 2. The van der Waals surface area contributed by atoms with E-state index >= 15 is 0 Å². The molecule has 0 fully saturated rings. The molecule has 0 unspecified atom stereocenters. The minimum absolute atomic E-state index is 0.113. The Labute approximate surface area is 148 Å². The first-order chi connectivity index (χ1) is 12.4. The SMILES string of the molecule is c1ccc([C@H]2N=C(CCc3ccccn3)N[C@H]2c2ccccc2)cc1. The standard InChI is InChI=1S/C22H21N3/c1-3-9-17(10-4-1)21-22(18-11-5-2-6-12-18)25-20(24-21)15-14-19-13-7-8-16-23-19/h1-13,16,21-22H,14-15H2,(H,24,25)/t21-,22+. The Morgan fingerprint density at radius 2 is 1.40 bits per heavy atom. The summed E-state index contributed by atoms with van der Waals surface area (Å²) < 4.78 is 0. The first kappa shape index (κ1) is 15.6. The van der Waals surface area contributed by atoms with Gasteiger partial charge in [-0.3, -0.25) is 9.98 Å². The average Bonchev–Trinajstić information content (AvgIpc) is 3.13. The molecule has 0 saturated carbocycles. The van der Waals surface area contributed by atoms with Gasteiger partial charge < -0.3 is 5.32 Å². The molecular weight excluding hydrogens is 306 g/mol. The summed E-state index contributed by atoms with van der Waals surface area (Å²) in [5.74, 6) is 1.06. The highest BCUT2D eigenvalue weighted by atomic mass is 15.1. The van der Waals surface area contributed by atoms with Crippen LogP contribution >= 0.6 is 0 Å². The minimum atomic E-state index is 0.113. The number of rotatable bonds is 5. The van der Waals surface area contributed by atoms with Crippen molar-refractivity contribution in [2.24, 2.45) is 4.99 Å². The molecule has 0 amide bonds. The molecule has 1 aromatic heterocycles. The van der Waals surface area contributed by atoms with Crippen LogP contribution < -0.4 is 5.32 Å². The van der Waals surface area contributed by atoms with Crippen LogP contribution in [0, 0.1) is 0 Å². The Bertz CT molecular complexity index is 829. The van der Waals surface area contributed by atoms with Gasteiger partial charge in [-0.1, -0.05) is 66.7 Å². The summed E-state index contributed by atoms with van der Waals surface area (Å²) in [5, 5.41) is 3.65. The molecule has 3 heteroatoms. The van der Waals surface area contributed by atoms with Gasteiger partial charge in [0.25, 0.3) is 0 Å². The van der Waals surface area contributed by atoms with Crippen LogP contribution in [-0.2, 0) is 6.42 Å². The average molecular weight is 327 g/mol. The van der Waals surface area contributed by atoms with Crippen molar-refractivity contribution in [2.75, 3.05) is 0 Å². The first-order valence-corrected chi connectivity index (χ1v) is 8.73. The van der Waals surface area contributed by atoms with Crippen LogP contribution in [0.15, 0.2) is 90.1 Å². The van der Waals surface area contributed by atoms with Gasteiger partial charge in [0.05, 0.1) is 11.9 Å². The summed E-state index contributed by atoms with van der Waals surface area (Å²) in [6, 6.07) is 27.5. The number of amidine groups is 1. The largest absolute Gasteiger partial charge is 0.364 e. The molecule has 0 bridgehead atoms. The third-order valence-corrected chi connectivity index (χ3v) is 4.58. The molecule has 1 aliphatic rings. The Balaban J connectivity index is 1.57. The second-order valence-corrected chi connectivity index (χ2v) is 6.29. The van der Waals surface area contributed by atoms with Gasteiger partial charge in [0, 0.05) is 18.3 Å². The zero-order valence-electron chi connectivity index (χ0n) is 14.0. The fraction of sp³-hybridized carbons (Fsp3) is 0.182. The molecular formula is C22H21N3. The van der Waals surface area contributed by atoms with Crippen LogP contribution in [0.1, 0.15) is 35.3 Å². The van der Waals surface area contributed by atoms with Crippen LogP contribution in [0.2, 0.25) is 0 Å². The second-order valence-electron chi connectivity index (χ2n) is 6.29. The lowest BCUT2D eigenvalue weighted by molar-refractivity contribution is 0.571. The molecule has 0 saturated heterocycles. The quantitative estimate of drug-likeness (QED) is 0.749. The Kier molecular flexibility index (Phi) is 4.55. The van der Waals surface area contributed by atoms with Crippen molar-refractivity contribution in [1.29, 1.82) is 0 Å². The van der Waals surface area contributed by atoms with Gasteiger partial charge in [-0.05, 0) is 29.7 Å². The summed E-state index contributed by atoms with van der Waals surface area (Å²) >= 11 is 0. The summed E-state index contributed by atoms with van der Waals surface area (Å²) in [6.07, 6.45) is 3.62. The fourth-order valence-corrected chi connectivity index (χ4v) is 3.31. The van der Waals surface area contributed by atoms with Crippen LogP contribution in [-0.4, -0.2) is 10.8 Å². The third kappa shape index (κ3) is 3.61. The zero-order valence-corrected chi connectivity index (χ0v) is 14.0. The van der Waals surface area contributed by atoms with Crippen molar-refractivity contribution in [3.05, 3.63) is 102 Å². The number of aliphatic imine (C=N–C) groups is 1. The zero-order chi connectivity index (χ0) is 16.9. The smallest absolute Gasteiger partial charge is 0.101 e. The molecule has 4 rings (SSSR count). The lowest BCUT2D eigenvalue weighted by Crippen LogP contribution is -2.24. The van der Waals surface area contributed by atoms with Crippen LogP contribution in [0.25, 0.3) is 0 Å². The Morgan fingerprint density at radius 3 is 2.08 bits per heavy atom. The van der Waals surface area contributed by atoms with E-state index in [0.29, 0.717) is 0 Å². The van der Waals surface area contributed by atoms with Gasteiger partial charge >= 0.3 is 0 Å². The number of aromatic nitrogens is 1. The van der Waals surface area contributed by atoms with Crippen molar-refractivity contribution >= 4 is 5.84 Å². The normalized spacial score (nSPS) is 19.3. The molecule has 0 aliphatic carbocycles. The van der Waals surface area contributed by atoms with Crippen LogP contribution in [0.5, 0.6) is 0 Å². The van der Waals surface area contributed by atoms with Gasteiger partial charge in [0.1, 0.15) is 6.04 Å². The molecule has 25 heavy (non-hydrogen) atoms. The van der Waals surface area contributed by atoms with Crippen molar-refractivity contribution in [3.63, 3.8) is 0 Å². The molecule has 0 spiro atoms. The highest BCUT2D eigenvalue weighted by molar-refractivity contribution is 5.85. The van der Waals surface area contributed by atoms with Crippen molar-refractivity contribution in [2.45, 2.75) is 24.9 Å². The lowest BCUT2D eigenvalue weighted by Gasteiger charge is -2.19. The lowest BCUT2D eigenvalue weighted by atomic mass is 9.95. The maximum absolute atomic E-state index is 5.01.